The van der Waals surface area contributed by atoms with Gasteiger partial charge in [-0.25, -0.2) is 0 Å². The Labute approximate surface area is 112 Å². The maximum absolute atomic E-state index is 5.77. The highest BCUT2D eigenvalue weighted by molar-refractivity contribution is 9.10. The van der Waals surface area contributed by atoms with Crippen LogP contribution in [0.2, 0.25) is 0 Å². The number of hydrogen-bond donors (Lipinski definition) is 1. The van der Waals surface area contributed by atoms with Gasteiger partial charge in [0.05, 0.1) is 11.1 Å². The fourth-order valence-corrected chi connectivity index (χ4v) is 2.69. The highest BCUT2D eigenvalue weighted by Gasteiger charge is 2.12. The van der Waals surface area contributed by atoms with Gasteiger partial charge in [0, 0.05) is 0 Å². The van der Waals surface area contributed by atoms with E-state index in [1.54, 1.807) is 0 Å². The highest BCUT2D eigenvalue weighted by atomic mass is 79.9. The van der Waals surface area contributed by atoms with E-state index in [1.165, 1.54) is 32.4 Å². The van der Waals surface area contributed by atoms with Crippen molar-refractivity contribution in [3.63, 3.8) is 0 Å². The van der Waals surface area contributed by atoms with E-state index in [0.717, 1.165) is 29.2 Å². The maximum atomic E-state index is 5.77. The smallest absolute Gasteiger partial charge is 0.133 e. The Kier molecular flexibility index (Phi) is 5.33. The van der Waals surface area contributed by atoms with Crippen molar-refractivity contribution < 1.29 is 4.74 Å². The lowest BCUT2D eigenvalue weighted by atomic mass is 9.93. The summed E-state index contributed by atoms with van der Waals surface area (Å²) in [6.07, 6.45) is 5.11. The summed E-state index contributed by atoms with van der Waals surface area (Å²) in [6, 6.07) is 8.04. The quantitative estimate of drug-likeness (QED) is 0.839. The fraction of sp³-hybridized carbons (Fsp3) is 0.571. The molecule has 17 heavy (non-hydrogen) atoms. The number of piperidine rings is 1. The highest BCUT2D eigenvalue weighted by Crippen LogP contribution is 2.24. The molecular formula is C14H20BrNO. The minimum absolute atomic E-state index is 0.826. The molecule has 1 aliphatic heterocycles. The van der Waals surface area contributed by atoms with Crippen LogP contribution < -0.4 is 10.1 Å². The SMILES string of the molecule is Brc1ccccc1OCCCC1CCNCC1. The van der Waals surface area contributed by atoms with Gasteiger partial charge in [0.25, 0.3) is 0 Å². The van der Waals surface area contributed by atoms with Crippen molar-refractivity contribution in [1.29, 1.82) is 0 Å². The first-order valence-electron chi connectivity index (χ1n) is 6.44. The topological polar surface area (TPSA) is 21.3 Å². The average molecular weight is 298 g/mol. The Balaban J connectivity index is 1.64. The van der Waals surface area contributed by atoms with E-state index in [2.05, 4.69) is 21.2 Å². The molecule has 0 bridgehead atoms. The van der Waals surface area contributed by atoms with Crippen molar-refractivity contribution in [3.05, 3.63) is 28.7 Å². The van der Waals surface area contributed by atoms with Crippen LogP contribution in [-0.4, -0.2) is 19.7 Å². The van der Waals surface area contributed by atoms with Crippen LogP contribution >= 0.6 is 15.9 Å². The molecule has 1 N–H and O–H groups in total. The van der Waals surface area contributed by atoms with Crippen LogP contribution in [0.3, 0.4) is 0 Å². The number of para-hydroxylation sites is 1. The molecule has 0 amide bonds. The first kappa shape index (κ1) is 12.9. The molecule has 3 heteroatoms. The predicted molar refractivity (Wildman–Crippen MR) is 74.5 cm³/mol. The molecular weight excluding hydrogens is 278 g/mol. The Morgan fingerprint density at radius 1 is 1.24 bits per heavy atom. The molecule has 0 saturated carbocycles. The van der Waals surface area contributed by atoms with Gasteiger partial charge in [-0.2, -0.15) is 0 Å². The van der Waals surface area contributed by atoms with E-state index in [9.17, 15) is 0 Å². The van der Waals surface area contributed by atoms with Crippen molar-refractivity contribution in [2.24, 2.45) is 5.92 Å². The van der Waals surface area contributed by atoms with Crippen LogP contribution in [0.15, 0.2) is 28.7 Å². The van der Waals surface area contributed by atoms with Gasteiger partial charge in [-0.15, -0.1) is 0 Å². The van der Waals surface area contributed by atoms with E-state index in [4.69, 9.17) is 4.74 Å². The average Bonchev–Trinajstić information content (AvgIpc) is 2.38. The first-order valence-corrected chi connectivity index (χ1v) is 7.23. The van der Waals surface area contributed by atoms with Crippen LogP contribution in [0.5, 0.6) is 5.75 Å². The second kappa shape index (κ2) is 7.02. The van der Waals surface area contributed by atoms with Gasteiger partial charge in [-0.1, -0.05) is 12.1 Å². The molecule has 0 spiro atoms. The predicted octanol–water partition coefficient (Wildman–Crippen LogP) is 3.61. The zero-order chi connectivity index (χ0) is 11.9. The lowest BCUT2D eigenvalue weighted by Gasteiger charge is -2.22. The fourth-order valence-electron chi connectivity index (χ4n) is 2.29. The first-order chi connectivity index (χ1) is 8.36. The molecule has 0 aromatic heterocycles. The van der Waals surface area contributed by atoms with Gasteiger partial charge < -0.3 is 10.1 Å². The summed E-state index contributed by atoms with van der Waals surface area (Å²) >= 11 is 3.49. The molecule has 2 nitrogen and oxygen atoms in total. The van der Waals surface area contributed by atoms with Gasteiger partial charge >= 0.3 is 0 Å². The third kappa shape index (κ3) is 4.32. The number of nitrogens with one attached hydrogen (secondary N) is 1. The van der Waals surface area contributed by atoms with E-state index >= 15 is 0 Å². The van der Waals surface area contributed by atoms with Crippen LogP contribution in [0.4, 0.5) is 0 Å². The molecule has 1 saturated heterocycles. The Hall–Kier alpha value is -0.540. The monoisotopic (exact) mass is 297 g/mol. The summed E-state index contributed by atoms with van der Waals surface area (Å²) < 4.78 is 6.81. The van der Waals surface area contributed by atoms with Gasteiger partial charge in [0.1, 0.15) is 5.75 Å². The van der Waals surface area contributed by atoms with E-state index in [-0.39, 0.29) is 0 Å². The Morgan fingerprint density at radius 3 is 2.76 bits per heavy atom. The summed E-state index contributed by atoms with van der Waals surface area (Å²) in [7, 11) is 0. The minimum Gasteiger partial charge on any atom is -0.492 e. The van der Waals surface area contributed by atoms with Gasteiger partial charge in [0.2, 0.25) is 0 Å². The number of rotatable bonds is 5. The molecule has 1 heterocycles. The maximum Gasteiger partial charge on any atom is 0.133 e. The minimum atomic E-state index is 0.826. The van der Waals surface area contributed by atoms with Crippen LogP contribution in [0.1, 0.15) is 25.7 Å². The van der Waals surface area contributed by atoms with E-state index in [1.807, 2.05) is 24.3 Å². The molecule has 94 valence electrons. The van der Waals surface area contributed by atoms with Crippen molar-refractivity contribution >= 4 is 15.9 Å². The number of hydrogen-bond acceptors (Lipinski definition) is 2. The van der Waals surface area contributed by atoms with Crippen molar-refractivity contribution in [2.75, 3.05) is 19.7 Å². The second-order valence-corrected chi connectivity index (χ2v) is 5.47. The van der Waals surface area contributed by atoms with Gasteiger partial charge in [0.15, 0.2) is 0 Å². The molecule has 1 aliphatic rings. The molecule has 1 aromatic rings. The summed E-state index contributed by atoms with van der Waals surface area (Å²) in [5, 5.41) is 3.40. The molecule has 0 aliphatic carbocycles. The van der Waals surface area contributed by atoms with Gasteiger partial charge in [-0.3, -0.25) is 0 Å². The van der Waals surface area contributed by atoms with Crippen molar-refractivity contribution in [2.45, 2.75) is 25.7 Å². The van der Waals surface area contributed by atoms with Crippen LogP contribution in [0, 0.1) is 5.92 Å². The number of halogens is 1. The molecule has 1 fully saturated rings. The lowest BCUT2D eigenvalue weighted by molar-refractivity contribution is 0.272. The zero-order valence-corrected chi connectivity index (χ0v) is 11.7. The Bertz CT molecular complexity index is 337. The lowest BCUT2D eigenvalue weighted by Crippen LogP contribution is -2.27. The van der Waals surface area contributed by atoms with Crippen LogP contribution in [0.25, 0.3) is 0 Å². The second-order valence-electron chi connectivity index (χ2n) is 4.61. The summed E-state index contributed by atoms with van der Waals surface area (Å²) in [5.74, 6) is 1.86. The Morgan fingerprint density at radius 2 is 2.00 bits per heavy atom. The summed E-state index contributed by atoms with van der Waals surface area (Å²) in [4.78, 5) is 0. The van der Waals surface area contributed by atoms with Gasteiger partial charge in [-0.05, 0) is 72.8 Å². The van der Waals surface area contributed by atoms with Crippen LogP contribution in [-0.2, 0) is 0 Å². The largest absolute Gasteiger partial charge is 0.492 e. The van der Waals surface area contributed by atoms with E-state index < -0.39 is 0 Å². The number of ether oxygens (including phenoxy) is 1. The molecule has 0 radical (unpaired) electrons. The van der Waals surface area contributed by atoms with Crippen molar-refractivity contribution in [3.8, 4) is 5.75 Å². The molecule has 1 aromatic carbocycles. The standard InChI is InChI=1S/C14H20BrNO/c15-13-5-1-2-6-14(13)17-11-3-4-12-7-9-16-10-8-12/h1-2,5-6,12,16H,3-4,7-11H2. The third-order valence-corrected chi connectivity index (χ3v) is 3.96. The number of benzene rings is 1. The zero-order valence-electron chi connectivity index (χ0n) is 10.1. The summed E-state index contributed by atoms with van der Waals surface area (Å²) in [6.45, 7) is 3.21. The molecule has 0 unspecified atom stereocenters. The third-order valence-electron chi connectivity index (χ3n) is 3.31. The summed E-state index contributed by atoms with van der Waals surface area (Å²) in [5.41, 5.74) is 0. The normalized spacial score (nSPS) is 17.0. The molecule has 2 rings (SSSR count). The molecule has 0 atom stereocenters. The van der Waals surface area contributed by atoms with Crippen molar-refractivity contribution in [1.82, 2.24) is 5.32 Å². The van der Waals surface area contributed by atoms with E-state index in [0.29, 0.717) is 0 Å².